The molecule has 1 aromatic carbocycles. The summed E-state index contributed by atoms with van der Waals surface area (Å²) in [4.78, 5) is 13.8. The second kappa shape index (κ2) is 5.50. The maximum absolute atomic E-state index is 12.1. The Morgan fingerprint density at radius 3 is 2.94 bits per heavy atom. The zero-order chi connectivity index (χ0) is 13.1. The van der Waals surface area contributed by atoms with Gasteiger partial charge in [-0.25, -0.2) is 0 Å². The van der Waals surface area contributed by atoms with Gasteiger partial charge in [-0.1, -0.05) is 12.1 Å². The SMILES string of the molecule is Cc1ccc(C)c(N2C(=O)COCC2CCO)c1. The second-order valence-corrected chi connectivity index (χ2v) is 4.73. The van der Waals surface area contributed by atoms with Gasteiger partial charge in [0.2, 0.25) is 0 Å². The van der Waals surface area contributed by atoms with Crippen LogP contribution in [0.25, 0.3) is 0 Å². The molecule has 1 unspecified atom stereocenters. The molecule has 1 aliphatic heterocycles. The number of benzene rings is 1. The summed E-state index contributed by atoms with van der Waals surface area (Å²) in [6.45, 7) is 4.67. The Hall–Kier alpha value is -1.39. The van der Waals surface area contributed by atoms with Crippen LogP contribution in [-0.2, 0) is 9.53 Å². The van der Waals surface area contributed by atoms with Gasteiger partial charge in [0.1, 0.15) is 6.61 Å². The first-order chi connectivity index (χ1) is 8.63. The summed E-state index contributed by atoms with van der Waals surface area (Å²) in [6.07, 6.45) is 0.541. The quantitative estimate of drug-likeness (QED) is 0.881. The molecule has 1 N–H and O–H groups in total. The maximum atomic E-state index is 12.1. The standard InChI is InChI=1S/C14H19NO3/c1-10-3-4-11(2)13(7-10)15-12(5-6-16)8-18-9-14(15)17/h3-4,7,12,16H,5-6,8-9H2,1-2H3. The molecule has 0 aromatic heterocycles. The summed E-state index contributed by atoms with van der Waals surface area (Å²) in [6, 6.07) is 5.99. The average molecular weight is 249 g/mol. The van der Waals surface area contributed by atoms with Gasteiger partial charge in [0, 0.05) is 12.3 Å². The van der Waals surface area contributed by atoms with E-state index in [0.29, 0.717) is 13.0 Å². The number of amides is 1. The summed E-state index contributed by atoms with van der Waals surface area (Å²) < 4.78 is 5.27. The zero-order valence-electron chi connectivity index (χ0n) is 10.8. The number of anilines is 1. The molecule has 0 aliphatic carbocycles. The summed E-state index contributed by atoms with van der Waals surface area (Å²) in [5, 5.41) is 9.10. The van der Waals surface area contributed by atoms with E-state index in [4.69, 9.17) is 9.84 Å². The third-order valence-corrected chi connectivity index (χ3v) is 3.26. The lowest BCUT2D eigenvalue weighted by atomic mass is 10.1. The lowest BCUT2D eigenvalue weighted by molar-refractivity contribution is -0.127. The van der Waals surface area contributed by atoms with Gasteiger partial charge in [-0.2, -0.15) is 0 Å². The molecular weight excluding hydrogens is 230 g/mol. The number of hydrogen-bond acceptors (Lipinski definition) is 3. The van der Waals surface area contributed by atoms with Crippen LogP contribution in [0.2, 0.25) is 0 Å². The topological polar surface area (TPSA) is 49.8 Å². The van der Waals surface area contributed by atoms with Crippen molar-refractivity contribution in [1.29, 1.82) is 0 Å². The maximum Gasteiger partial charge on any atom is 0.253 e. The minimum absolute atomic E-state index is 0.0339. The van der Waals surface area contributed by atoms with Crippen molar-refractivity contribution in [2.24, 2.45) is 0 Å². The van der Waals surface area contributed by atoms with Gasteiger partial charge >= 0.3 is 0 Å². The van der Waals surface area contributed by atoms with Crippen LogP contribution in [0.15, 0.2) is 18.2 Å². The summed E-state index contributed by atoms with van der Waals surface area (Å²) in [5.41, 5.74) is 3.12. The van der Waals surface area contributed by atoms with Gasteiger partial charge in [-0.05, 0) is 37.5 Å². The minimum atomic E-state index is -0.0725. The van der Waals surface area contributed by atoms with Crippen molar-refractivity contribution in [3.05, 3.63) is 29.3 Å². The van der Waals surface area contributed by atoms with E-state index in [1.54, 1.807) is 4.90 Å². The average Bonchev–Trinajstić information content (AvgIpc) is 2.34. The van der Waals surface area contributed by atoms with E-state index < -0.39 is 0 Å². The molecule has 1 saturated heterocycles. The third-order valence-electron chi connectivity index (χ3n) is 3.26. The fourth-order valence-corrected chi connectivity index (χ4v) is 2.30. The third kappa shape index (κ3) is 2.54. The minimum Gasteiger partial charge on any atom is -0.396 e. The van der Waals surface area contributed by atoms with Crippen LogP contribution in [0.5, 0.6) is 0 Å². The number of hydrogen-bond donors (Lipinski definition) is 1. The highest BCUT2D eigenvalue weighted by molar-refractivity contribution is 5.96. The number of carbonyl (C=O) groups excluding carboxylic acids is 1. The molecule has 1 atom stereocenters. The van der Waals surface area contributed by atoms with Crippen LogP contribution >= 0.6 is 0 Å². The predicted molar refractivity (Wildman–Crippen MR) is 69.7 cm³/mol. The van der Waals surface area contributed by atoms with Crippen LogP contribution < -0.4 is 4.90 Å². The Balaban J connectivity index is 2.36. The van der Waals surface area contributed by atoms with Crippen LogP contribution in [0.3, 0.4) is 0 Å². The highest BCUT2D eigenvalue weighted by atomic mass is 16.5. The van der Waals surface area contributed by atoms with Crippen molar-refractivity contribution >= 4 is 11.6 Å². The largest absolute Gasteiger partial charge is 0.396 e. The Labute approximate surface area is 107 Å². The molecule has 0 spiro atoms. The van der Waals surface area contributed by atoms with Gasteiger partial charge < -0.3 is 14.7 Å². The van der Waals surface area contributed by atoms with Crippen molar-refractivity contribution in [3.8, 4) is 0 Å². The van der Waals surface area contributed by atoms with Gasteiger partial charge in [-0.3, -0.25) is 4.79 Å². The van der Waals surface area contributed by atoms with Crippen LogP contribution in [-0.4, -0.2) is 36.9 Å². The molecule has 1 aliphatic rings. The summed E-state index contributed by atoms with van der Waals surface area (Å²) in [5.74, 6) is -0.0339. The van der Waals surface area contributed by atoms with Crippen molar-refractivity contribution < 1.29 is 14.6 Å². The summed E-state index contributed by atoms with van der Waals surface area (Å²) in [7, 11) is 0. The Kier molecular flexibility index (Phi) is 3.99. The zero-order valence-corrected chi connectivity index (χ0v) is 10.8. The monoisotopic (exact) mass is 249 g/mol. The van der Waals surface area contributed by atoms with E-state index in [9.17, 15) is 4.79 Å². The number of aliphatic hydroxyl groups excluding tert-OH is 1. The molecule has 1 amide bonds. The van der Waals surface area contributed by atoms with E-state index in [-0.39, 0.29) is 25.2 Å². The van der Waals surface area contributed by atoms with E-state index in [0.717, 1.165) is 16.8 Å². The highest BCUT2D eigenvalue weighted by Crippen LogP contribution is 2.26. The second-order valence-electron chi connectivity index (χ2n) is 4.73. The summed E-state index contributed by atoms with van der Waals surface area (Å²) >= 11 is 0. The number of morpholine rings is 1. The van der Waals surface area contributed by atoms with E-state index in [1.807, 2.05) is 32.0 Å². The van der Waals surface area contributed by atoms with Crippen molar-refractivity contribution in [1.82, 2.24) is 0 Å². The molecule has 0 saturated carbocycles. The number of rotatable bonds is 3. The first-order valence-corrected chi connectivity index (χ1v) is 6.21. The first-order valence-electron chi connectivity index (χ1n) is 6.21. The molecule has 1 fully saturated rings. The Bertz CT molecular complexity index is 443. The Morgan fingerprint density at radius 1 is 1.44 bits per heavy atom. The molecule has 0 bridgehead atoms. The molecule has 18 heavy (non-hydrogen) atoms. The van der Waals surface area contributed by atoms with Gasteiger partial charge in [0.15, 0.2) is 0 Å². The fraction of sp³-hybridized carbons (Fsp3) is 0.500. The van der Waals surface area contributed by atoms with Crippen molar-refractivity contribution in [3.63, 3.8) is 0 Å². The van der Waals surface area contributed by atoms with Crippen LogP contribution in [0.1, 0.15) is 17.5 Å². The molecule has 2 rings (SSSR count). The van der Waals surface area contributed by atoms with Crippen molar-refractivity contribution in [2.45, 2.75) is 26.3 Å². The normalized spacial score (nSPS) is 20.3. The molecule has 98 valence electrons. The number of carbonyl (C=O) groups is 1. The molecule has 0 radical (unpaired) electrons. The molecule has 1 heterocycles. The molecule has 4 heteroatoms. The highest BCUT2D eigenvalue weighted by Gasteiger charge is 2.30. The van der Waals surface area contributed by atoms with Gasteiger partial charge in [0.05, 0.1) is 12.6 Å². The van der Waals surface area contributed by atoms with E-state index in [2.05, 4.69) is 0 Å². The molecular formula is C14H19NO3. The predicted octanol–water partition coefficient (Wildman–Crippen LogP) is 1.42. The van der Waals surface area contributed by atoms with Gasteiger partial charge in [0.25, 0.3) is 5.91 Å². The first kappa shape index (κ1) is 13.1. The molecule has 4 nitrogen and oxygen atoms in total. The van der Waals surface area contributed by atoms with Crippen LogP contribution in [0, 0.1) is 13.8 Å². The number of ether oxygens (including phenoxy) is 1. The molecule has 1 aromatic rings. The number of aliphatic hydroxyl groups is 1. The lowest BCUT2D eigenvalue weighted by Crippen LogP contribution is -2.50. The number of nitrogens with zero attached hydrogens (tertiary/aromatic N) is 1. The van der Waals surface area contributed by atoms with E-state index >= 15 is 0 Å². The fourth-order valence-electron chi connectivity index (χ4n) is 2.30. The van der Waals surface area contributed by atoms with Crippen molar-refractivity contribution in [2.75, 3.05) is 24.7 Å². The number of aryl methyl sites for hydroxylation is 2. The lowest BCUT2D eigenvalue weighted by Gasteiger charge is -2.36. The van der Waals surface area contributed by atoms with Gasteiger partial charge in [-0.15, -0.1) is 0 Å². The van der Waals surface area contributed by atoms with E-state index in [1.165, 1.54) is 0 Å². The Morgan fingerprint density at radius 2 is 2.22 bits per heavy atom. The smallest absolute Gasteiger partial charge is 0.253 e. The van der Waals surface area contributed by atoms with Crippen LogP contribution in [0.4, 0.5) is 5.69 Å².